The van der Waals surface area contributed by atoms with E-state index in [9.17, 15) is 8.42 Å². The quantitative estimate of drug-likeness (QED) is 0.872. The van der Waals surface area contributed by atoms with Crippen LogP contribution in [0.15, 0.2) is 23.1 Å². The third-order valence-electron chi connectivity index (χ3n) is 3.95. The monoisotopic (exact) mass is 314 g/mol. The highest BCUT2D eigenvalue weighted by Gasteiger charge is 2.29. The summed E-state index contributed by atoms with van der Waals surface area (Å²) in [7, 11) is -3.45. The van der Waals surface area contributed by atoms with Crippen molar-refractivity contribution in [2.45, 2.75) is 48.9 Å². The average Bonchev–Trinajstić information content (AvgIpc) is 2.85. The van der Waals surface area contributed by atoms with E-state index in [1.54, 1.807) is 12.1 Å². The molecule has 0 aromatic heterocycles. The molecule has 1 aromatic carbocycles. The molecular weight excluding hydrogens is 292 g/mol. The molecule has 1 aliphatic carbocycles. The van der Waals surface area contributed by atoms with Gasteiger partial charge in [-0.3, -0.25) is 0 Å². The van der Waals surface area contributed by atoms with Crippen LogP contribution < -0.4 is 10.5 Å². The van der Waals surface area contributed by atoms with Gasteiger partial charge in [-0.25, -0.2) is 13.1 Å². The Kier molecular flexibility index (Phi) is 5.12. The molecule has 0 radical (unpaired) electrons. The zero-order valence-corrected chi connectivity index (χ0v) is 13.6. The third kappa shape index (κ3) is 3.36. The van der Waals surface area contributed by atoms with Crippen LogP contribution in [-0.2, 0) is 16.6 Å². The van der Waals surface area contributed by atoms with Crippen LogP contribution in [-0.4, -0.2) is 26.0 Å². The first-order valence-corrected chi connectivity index (χ1v) is 9.58. The van der Waals surface area contributed by atoms with Gasteiger partial charge in [-0.2, -0.15) is 11.8 Å². The van der Waals surface area contributed by atoms with Gasteiger partial charge in [0, 0.05) is 17.8 Å². The maximum Gasteiger partial charge on any atom is 0.241 e. The Morgan fingerprint density at radius 2 is 2.15 bits per heavy atom. The van der Waals surface area contributed by atoms with E-state index in [2.05, 4.69) is 11.0 Å². The lowest BCUT2D eigenvalue weighted by atomic mass is 10.1. The van der Waals surface area contributed by atoms with E-state index in [-0.39, 0.29) is 6.04 Å². The number of rotatable bonds is 5. The van der Waals surface area contributed by atoms with E-state index in [0.29, 0.717) is 16.7 Å². The minimum atomic E-state index is -3.45. The summed E-state index contributed by atoms with van der Waals surface area (Å²) in [5.41, 5.74) is 7.27. The molecule has 1 aromatic rings. The predicted molar refractivity (Wildman–Crippen MR) is 84.3 cm³/mol. The van der Waals surface area contributed by atoms with Crippen LogP contribution in [0.5, 0.6) is 0 Å². The summed E-state index contributed by atoms with van der Waals surface area (Å²) in [6, 6.07) is 5.33. The Labute approximate surface area is 125 Å². The average molecular weight is 314 g/mol. The van der Waals surface area contributed by atoms with Crippen molar-refractivity contribution in [2.75, 3.05) is 6.26 Å². The van der Waals surface area contributed by atoms with Gasteiger partial charge in [0.2, 0.25) is 10.0 Å². The molecule has 0 bridgehead atoms. The maximum absolute atomic E-state index is 12.5. The lowest BCUT2D eigenvalue weighted by Gasteiger charge is -2.16. The zero-order chi connectivity index (χ0) is 14.8. The fourth-order valence-corrected chi connectivity index (χ4v) is 5.08. The van der Waals surface area contributed by atoms with Gasteiger partial charge in [-0.1, -0.05) is 12.1 Å². The van der Waals surface area contributed by atoms with Crippen molar-refractivity contribution in [3.63, 3.8) is 0 Å². The van der Waals surface area contributed by atoms with Crippen LogP contribution >= 0.6 is 11.8 Å². The van der Waals surface area contributed by atoms with Crippen molar-refractivity contribution in [3.8, 4) is 0 Å². The SMILES string of the molecule is CSC1CCC(NS(=O)(=O)c2cccc(CN)c2C)C1. The normalized spacial score (nSPS) is 23.1. The van der Waals surface area contributed by atoms with E-state index < -0.39 is 10.0 Å². The minimum Gasteiger partial charge on any atom is -0.326 e. The Morgan fingerprint density at radius 3 is 2.75 bits per heavy atom. The Hall–Kier alpha value is -0.560. The Balaban J connectivity index is 2.19. The predicted octanol–water partition coefficient (Wildman–Crippen LogP) is 2.02. The van der Waals surface area contributed by atoms with Gasteiger partial charge >= 0.3 is 0 Å². The van der Waals surface area contributed by atoms with Crippen molar-refractivity contribution in [3.05, 3.63) is 29.3 Å². The van der Waals surface area contributed by atoms with Crippen LogP contribution in [0.1, 0.15) is 30.4 Å². The van der Waals surface area contributed by atoms with Gasteiger partial charge < -0.3 is 5.73 Å². The van der Waals surface area contributed by atoms with Crippen LogP contribution in [0.25, 0.3) is 0 Å². The molecule has 20 heavy (non-hydrogen) atoms. The standard InChI is InChI=1S/C14H22N2O2S2/c1-10-11(9-15)4-3-5-14(10)20(17,18)16-12-6-7-13(8-12)19-2/h3-5,12-13,16H,6-9,15H2,1-2H3. The highest BCUT2D eigenvalue weighted by atomic mass is 32.2. The lowest BCUT2D eigenvalue weighted by molar-refractivity contribution is 0.552. The first-order chi connectivity index (χ1) is 9.47. The molecule has 2 unspecified atom stereocenters. The number of hydrogen-bond acceptors (Lipinski definition) is 4. The fourth-order valence-electron chi connectivity index (χ4n) is 2.72. The molecule has 2 rings (SSSR count). The van der Waals surface area contributed by atoms with Gasteiger partial charge in [-0.15, -0.1) is 0 Å². The molecule has 1 saturated carbocycles. The molecule has 3 N–H and O–H groups in total. The molecule has 0 amide bonds. The Bertz CT molecular complexity index is 573. The van der Waals surface area contributed by atoms with Gasteiger partial charge in [-0.05, 0) is 49.6 Å². The second kappa shape index (κ2) is 6.47. The topological polar surface area (TPSA) is 72.2 Å². The second-order valence-corrected chi connectivity index (χ2v) is 8.05. The number of hydrogen-bond donors (Lipinski definition) is 2. The lowest BCUT2D eigenvalue weighted by Crippen LogP contribution is -2.33. The van der Waals surface area contributed by atoms with Crippen molar-refractivity contribution >= 4 is 21.8 Å². The molecule has 0 saturated heterocycles. The van der Waals surface area contributed by atoms with E-state index in [1.165, 1.54) is 0 Å². The fraction of sp³-hybridized carbons (Fsp3) is 0.571. The first kappa shape index (κ1) is 15.8. The number of benzene rings is 1. The highest BCUT2D eigenvalue weighted by Crippen LogP contribution is 2.29. The van der Waals surface area contributed by atoms with Crippen molar-refractivity contribution < 1.29 is 8.42 Å². The summed E-state index contributed by atoms with van der Waals surface area (Å²) < 4.78 is 27.9. The molecule has 112 valence electrons. The second-order valence-electron chi connectivity index (χ2n) is 5.23. The van der Waals surface area contributed by atoms with Crippen molar-refractivity contribution in [2.24, 2.45) is 5.73 Å². The van der Waals surface area contributed by atoms with Gasteiger partial charge in [0.15, 0.2) is 0 Å². The molecular formula is C14H22N2O2S2. The summed E-state index contributed by atoms with van der Waals surface area (Å²) >= 11 is 1.82. The molecule has 6 heteroatoms. The Morgan fingerprint density at radius 1 is 1.40 bits per heavy atom. The van der Waals surface area contributed by atoms with Crippen molar-refractivity contribution in [1.82, 2.24) is 4.72 Å². The molecule has 0 spiro atoms. The van der Waals surface area contributed by atoms with Crippen LogP contribution in [0.4, 0.5) is 0 Å². The number of nitrogens with one attached hydrogen (secondary N) is 1. The molecule has 1 fully saturated rings. The summed E-state index contributed by atoms with van der Waals surface area (Å²) in [4.78, 5) is 0.355. The van der Waals surface area contributed by atoms with E-state index in [4.69, 9.17) is 5.73 Å². The third-order valence-corrected chi connectivity index (χ3v) is 6.71. The largest absolute Gasteiger partial charge is 0.326 e. The first-order valence-electron chi connectivity index (χ1n) is 6.81. The van der Waals surface area contributed by atoms with Gasteiger partial charge in [0.05, 0.1) is 4.90 Å². The van der Waals surface area contributed by atoms with Gasteiger partial charge in [0.1, 0.15) is 0 Å². The summed E-state index contributed by atoms with van der Waals surface area (Å²) in [6.45, 7) is 2.17. The van der Waals surface area contributed by atoms with Gasteiger partial charge in [0.25, 0.3) is 0 Å². The number of sulfonamides is 1. The molecule has 4 nitrogen and oxygen atoms in total. The van der Waals surface area contributed by atoms with Crippen LogP contribution in [0, 0.1) is 6.92 Å². The van der Waals surface area contributed by atoms with E-state index >= 15 is 0 Å². The van der Waals surface area contributed by atoms with E-state index in [0.717, 1.165) is 30.4 Å². The molecule has 1 aliphatic rings. The summed E-state index contributed by atoms with van der Waals surface area (Å²) in [5.74, 6) is 0. The highest BCUT2D eigenvalue weighted by molar-refractivity contribution is 7.99. The molecule has 0 heterocycles. The number of thioether (sulfide) groups is 1. The van der Waals surface area contributed by atoms with Crippen molar-refractivity contribution in [1.29, 1.82) is 0 Å². The van der Waals surface area contributed by atoms with E-state index in [1.807, 2.05) is 24.8 Å². The summed E-state index contributed by atoms with van der Waals surface area (Å²) in [5, 5.41) is 0.569. The smallest absolute Gasteiger partial charge is 0.241 e. The summed E-state index contributed by atoms with van der Waals surface area (Å²) in [6.07, 6.45) is 4.99. The van der Waals surface area contributed by atoms with Crippen LogP contribution in [0.2, 0.25) is 0 Å². The molecule has 0 aliphatic heterocycles. The number of nitrogens with two attached hydrogens (primary N) is 1. The maximum atomic E-state index is 12.5. The minimum absolute atomic E-state index is 0.0541. The van der Waals surface area contributed by atoms with Crippen LogP contribution in [0.3, 0.4) is 0 Å². The zero-order valence-electron chi connectivity index (χ0n) is 11.9. The molecule has 2 atom stereocenters.